The smallest absolute Gasteiger partial charge is 0.335 e. The lowest BCUT2D eigenvalue weighted by molar-refractivity contribution is 0.0696. The molecule has 0 aliphatic carbocycles. The standard InChI is InChI=1S/C20H17ClN2O4S/c1-14-11-18(21)19(22-12-14)23(13-15-5-3-2-4-6-15)28(26,27)17-9-7-16(8-10-17)20(24)25/h2-12H,13H2,1H3,(H,24,25). The molecule has 144 valence electrons. The Morgan fingerprint density at radius 1 is 1.11 bits per heavy atom. The van der Waals surface area contributed by atoms with E-state index in [2.05, 4.69) is 4.98 Å². The Bertz CT molecular complexity index is 1100. The molecule has 0 aliphatic rings. The lowest BCUT2D eigenvalue weighted by Gasteiger charge is -2.24. The van der Waals surface area contributed by atoms with Crippen LogP contribution in [0.2, 0.25) is 5.02 Å². The minimum atomic E-state index is -4.04. The van der Waals surface area contributed by atoms with Crippen LogP contribution in [0, 0.1) is 6.92 Å². The first-order valence-corrected chi connectivity index (χ1v) is 10.1. The molecule has 1 aromatic heterocycles. The quantitative estimate of drug-likeness (QED) is 0.652. The number of benzene rings is 2. The first-order chi connectivity index (χ1) is 13.3. The summed E-state index contributed by atoms with van der Waals surface area (Å²) in [5.41, 5.74) is 1.56. The molecule has 28 heavy (non-hydrogen) atoms. The second-order valence-electron chi connectivity index (χ2n) is 6.14. The zero-order valence-corrected chi connectivity index (χ0v) is 16.5. The minimum absolute atomic E-state index is 0.0000488. The molecule has 0 unspecified atom stereocenters. The van der Waals surface area contributed by atoms with Crippen molar-refractivity contribution in [3.8, 4) is 0 Å². The van der Waals surface area contributed by atoms with E-state index >= 15 is 0 Å². The minimum Gasteiger partial charge on any atom is -0.478 e. The number of pyridine rings is 1. The highest BCUT2D eigenvalue weighted by Gasteiger charge is 2.28. The first kappa shape index (κ1) is 19.9. The van der Waals surface area contributed by atoms with E-state index < -0.39 is 16.0 Å². The Hall–Kier alpha value is -2.90. The second kappa shape index (κ2) is 8.00. The van der Waals surface area contributed by atoms with E-state index in [-0.39, 0.29) is 27.8 Å². The number of halogens is 1. The van der Waals surface area contributed by atoms with Crippen LogP contribution in [0.25, 0.3) is 0 Å². The van der Waals surface area contributed by atoms with Gasteiger partial charge in [0.05, 0.1) is 22.0 Å². The summed E-state index contributed by atoms with van der Waals surface area (Å²) in [6.45, 7) is 1.84. The molecule has 3 rings (SSSR count). The van der Waals surface area contributed by atoms with Gasteiger partial charge in [0.25, 0.3) is 10.0 Å². The monoisotopic (exact) mass is 416 g/mol. The number of aryl methyl sites for hydroxylation is 1. The Kier molecular flexibility index (Phi) is 5.67. The second-order valence-corrected chi connectivity index (χ2v) is 8.41. The summed E-state index contributed by atoms with van der Waals surface area (Å²) >= 11 is 6.30. The van der Waals surface area contributed by atoms with Crippen LogP contribution >= 0.6 is 11.6 Å². The van der Waals surface area contributed by atoms with E-state index in [0.717, 1.165) is 15.4 Å². The molecule has 0 saturated heterocycles. The van der Waals surface area contributed by atoms with Crippen LogP contribution in [0.4, 0.5) is 5.82 Å². The fourth-order valence-corrected chi connectivity index (χ4v) is 4.43. The lowest BCUT2D eigenvalue weighted by atomic mass is 10.2. The molecular formula is C20H17ClN2O4S. The third-order valence-corrected chi connectivity index (χ3v) is 6.08. The number of nitrogens with zero attached hydrogens (tertiary/aromatic N) is 2. The van der Waals surface area contributed by atoms with E-state index in [9.17, 15) is 13.2 Å². The summed E-state index contributed by atoms with van der Waals surface area (Å²) in [6.07, 6.45) is 1.54. The number of carbonyl (C=O) groups is 1. The Morgan fingerprint density at radius 2 is 1.75 bits per heavy atom. The van der Waals surface area contributed by atoms with Gasteiger partial charge in [0.1, 0.15) is 0 Å². The molecule has 0 atom stereocenters. The number of anilines is 1. The highest BCUT2D eigenvalue weighted by Crippen LogP contribution is 2.30. The van der Waals surface area contributed by atoms with Gasteiger partial charge in [-0.1, -0.05) is 41.9 Å². The highest BCUT2D eigenvalue weighted by atomic mass is 35.5. The van der Waals surface area contributed by atoms with Crippen LogP contribution in [-0.2, 0) is 16.6 Å². The summed E-state index contributed by atoms with van der Waals surface area (Å²) in [6, 6.07) is 15.7. The van der Waals surface area contributed by atoms with Crippen molar-refractivity contribution in [3.63, 3.8) is 0 Å². The molecule has 0 radical (unpaired) electrons. The summed E-state index contributed by atoms with van der Waals surface area (Å²) < 4.78 is 27.8. The van der Waals surface area contributed by atoms with Gasteiger partial charge in [0, 0.05) is 6.20 Å². The Labute approximate surface area is 168 Å². The molecule has 3 aromatic rings. The van der Waals surface area contributed by atoms with Gasteiger partial charge < -0.3 is 5.11 Å². The average Bonchev–Trinajstić information content (AvgIpc) is 2.67. The Morgan fingerprint density at radius 3 is 2.32 bits per heavy atom. The van der Waals surface area contributed by atoms with E-state index in [1.807, 2.05) is 25.1 Å². The molecule has 6 nitrogen and oxygen atoms in total. The van der Waals surface area contributed by atoms with Crippen LogP contribution in [0.3, 0.4) is 0 Å². The number of rotatable bonds is 6. The summed E-state index contributed by atoms with van der Waals surface area (Å²) in [7, 11) is -4.04. The van der Waals surface area contributed by atoms with E-state index in [4.69, 9.17) is 16.7 Å². The predicted octanol–water partition coefficient (Wildman–Crippen LogP) is 4.14. The fraction of sp³-hybridized carbons (Fsp3) is 0.100. The van der Waals surface area contributed by atoms with Crippen molar-refractivity contribution in [3.05, 3.63) is 88.6 Å². The van der Waals surface area contributed by atoms with Gasteiger partial charge >= 0.3 is 5.97 Å². The number of hydrogen-bond donors (Lipinski definition) is 1. The van der Waals surface area contributed by atoms with Crippen molar-refractivity contribution in [1.29, 1.82) is 0 Å². The topological polar surface area (TPSA) is 87.6 Å². The van der Waals surface area contributed by atoms with Crippen LogP contribution in [0.1, 0.15) is 21.5 Å². The number of carboxylic acid groups (broad SMARTS) is 1. The van der Waals surface area contributed by atoms with E-state index in [1.165, 1.54) is 24.3 Å². The molecule has 1 heterocycles. The number of carboxylic acids is 1. The van der Waals surface area contributed by atoms with Gasteiger partial charge in [-0.2, -0.15) is 0 Å². The van der Waals surface area contributed by atoms with Crippen LogP contribution in [-0.4, -0.2) is 24.5 Å². The number of sulfonamides is 1. The SMILES string of the molecule is Cc1cnc(N(Cc2ccccc2)S(=O)(=O)c2ccc(C(=O)O)cc2)c(Cl)c1. The molecule has 0 aliphatic heterocycles. The van der Waals surface area contributed by atoms with Gasteiger partial charge in [-0.3, -0.25) is 0 Å². The van der Waals surface area contributed by atoms with Gasteiger partial charge in [0.15, 0.2) is 5.82 Å². The van der Waals surface area contributed by atoms with Gasteiger partial charge in [-0.05, 0) is 48.4 Å². The third kappa shape index (κ3) is 4.16. The maximum Gasteiger partial charge on any atom is 0.335 e. The number of aromatic nitrogens is 1. The van der Waals surface area contributed by atoms with Crippen molar-refractivity contribution in [2.75, 3.05) is 4.31 Å². The van der Waals surface area contributed by atoms with E-state index in [1.54, 1.807) is 24.4 Å². The molecule has 0 bridgehead atoms. The maximum absolute atomic E-state index is 13.3. The first-order valence-electron chi connectivity index (χ1n) is 8.31. The molecular weight excluding hydrogens is 400 g/mol. The van der Waals surface area contributed by atoms with Gasteiger partial charge in [-0.25, -0.2) is 22.5 Å². The number of aromatic carboxylic acids is 1. The van der Waals surface area contributed by atoms with Crippen LogP contribution < -0.4 is 4.31 Å². The summed E-state index contributed by atoms with van der Waals surface area (Å²) in [5.74, 6) is -1.02. The lowest BCUT2D eigenvalue weighted by Crippen LogP contribution is -2.31. The molecule has 0 saturated carbocycles. The zero-order valence-electron chi connectivity index (χ0n) is 14.9. The average molecular weight is 417 g/mol. The van der Waals surface area contributed by atoms with Crippen LogP contribution in [0.15, 0.2) is 71.8 Å². The molecule has 1 N–H and O–H groups in total. The van der Waals surface area contributed by atoms with Crippen molar-refractivity contribution < 1.29 is 18.3 Å². The normalized spacial score (nSPS) is 11.2. The molecule has 8 heteroatoms. The predicted molar refractivity (Wildman–Crippen MR) is 107 cm³/mol. The van der Waals surface area contributed by atoms with Gasteiger partial charge in [0.2, 0.25) is 0 Å². The van der Waals surface area contributed by atoms with Crippen molar-refractivity contribution in [2.24, 2.45) is 0 Å². The summed E-state index contributed by atoms with van der Waals surface area (Å²) in [4.78, 5) is 15.2. The molecule has 2 aromatic carbocycles. The largest absolute Gasteiger partial charge is 0.478 e. The molecule has 0 fully saturated rings. The molecule has 0 amide bonds. The van der Waals surface area contributed by atoms with E-state index in [0.29, 0.717) is 0 Å². The van der Waals surface area contributed by atoms with Crippen LogP contribution in [0.5, 0.6) is 0 Å². The van der Waals surface area contributed by atoms with Gasteiger partial charge in [-0.15, -0.1) is 0 Å². The fourth-order valence-electron chi connectivity index (χ4n) is 2.63. The van der Waals surface area contributed by atoms with Crippen molar-refractivity contribution >= 4 is 33.4 Å². The highest BCUT2D eigenvalue weighted by molar-refractivity contribution is 7.92. The van der Waals surface area contributed by atoms with Crippen molar-refractivity contribution in [1.82, 2.24) is 4.98 Å². The Balaban J connectivity index is 2.10. The third-order valence-electron chi connectivity index (χ3n) is 4.05. The summed E-state index contributed by atoms with van der Waals surface area (Å²) in [5, 5.41) is 9.25. The zero-order chi connectivity index (χ0) is 20.3. The number of hydrogen-bond acceptors (Lipinski definition) is 4. The van der Waals surface area contributed by atoms with Crippen molar-refractivity contribution in [2.45, 2.75) is 18.4 Å². The molecule has 0 spiro atoms. The maximum atomic E-state index is 13.3.